The number of carbonyl (C=O) groups excluding carboxylic acids is 1. The molecule has 1 unspecified atom stereocenters. The van der Waals surface area contributed by atoms with Gasteiger partial charge in [-0.25, -0.2) is 0 Å². The molecule has 0 saturated heterocycles. The fourth-order valence-electron chi connectivity index (χ4n) is 11.5. The summed E-state index contributed by atoms with van der Waals surface area (Å²) < 4.78 is 0. The van der Waals surface area contributed by atoms with E-state index in [4.69, 9.17) is 0 Å². The van der Waals surface area contributed by atoms with Gasteiger partial charge in [0.2, 0.25) is 0 Å². The lowest BCUT2D eigenvalue weighted by molar-refractivity contribution is -0.242. The Morgan fingerprint density at radius 3 is 2.27 bits per heavy atom. The Morgan fingerprint density at radius 2 is 1.64 bits per heavy atom. The maximum absolute atomic E-state index is 13.0. The van der Waals surface area contributed by atoms with Crippen molar-refractivity contribution in [3.8, 4) is 0 Å². The third-order valence-corrected chi connectivity index (χ3v) is 13.3. The van der Waals surface area contributed by atoms with E-state index >= 15 is 0 Å². The van der Waals surface area contributed by atoms with Gasteiger partial charge in [-0.1, -0.05) is 46.8 Å². The third kappa shape index (κ3) is 2.79. The van der Waals surface area contributed by atoms with Crippen LogP contribution >= 0.6 is 0 Å². The molecule has 0 spiro atoms. The van der Waals surface area contributed by atoms with E-state index in [1.807, 2.05) is 0 Å². The van der Waals surface area contributed by atoms with Crippen molar-refractivity contribution in [1.82, 2.24) is 0 Å². The summed E-state index contributed by atoms with van der Waals surface area (Å²) >= 11 is 0. The minimum atomic E-state index is -0.815. The highest BCUT2D eigenvalue weighted by atomic mass is 16.3. The fourth-order valence-corrected chi connectivity index (χ4v) is 11.5. The van der Waals surface area contributed by atoms with Crippen LogP contribution in [0.1, 0.15) is 99.3 Å². The summed E-state index contributed by atoms with van der Waals surface area (Å²) in [6.45, 7) is 18.8. The number of rotatable bonds is 2. The van der Waals surface area contributed by atoms with Crippen molar-refractivity contribution in [2.45, 2.75) is 105 Å². The smallest absolute Gasteiger partial charge is 0.167 e. The first kappa shape index (κ1) is 24.0. The van der Waals surface area contributed by atoms with Crippen LogP contribution in [0.2, 0.25) is 0 Å². The Kier molecular flexibility index (Phi) is 5.24. The lowest BCUT2D eigenvalue weighted by Crippen LogP contribution is -2.67. The van der Waals surface area contributed by atoms with Crippen molar-refractivity contribution >= 4 is 5.78 Å². The van der Waals surface area contributed by atoms with Crippen LogP contribution in [0.15, 0.2) is 12.2 Å². The van der Waals surface area contributed by atoms with E-state index in [1.165, 1.54) is 37.7 Å². The first-order valence-electron chi connectivity index (χ1n) is 13.8. The molecule has 0 aromatic heterocycles. The Bertz CT molecular complexity index is 861. The molecular weight excluding hydrogens is 408 g/mol. The largest absolute Gasteiger partial charge is 0.396 e. The summed E-state index contributed by atoms with van der Waals surface area (Å²) in [6, 6.07) is 0. The molecule has 0 radical (unpaired) electrons. The van der Waals surface area contributed by atoms with Crippen molar-refractivity contribution in [2.75, 3.05) is 6.61 Å². The molecule has 5 fully saturated rings. The number of ketones is 1. The highest BCUT2D eigenvalue weighted by molar-refractivity contribution is 5.89. The van der Waals surface area contributed by atoms with Crippen LogP contribution in [0.5, 0.6) is 0 Å². The molecule has 0 amide bonds. The summed E-state index contributed by atoms with van der Waals surface area (Å²) in [5.74, 6) is 2.69. The molecule has 5 aliphatic rings. The monoisotopic (exact) mass is 456 g/mol. The number of fused-ring (bicyclic) bond motifs is 7. The number of Topliss-reactive ketones (excluding diaryl/α,β-unsaturated/α-hetero) is 1. The van der Waals surface area contributed by atoms with Crippen molar-refractivity contribution in [3.63, 3.8) is 0 Å². The van der Waals surface area contributed by atoms with E-state index in [-0.39, 0.29) is 27.4 Å². The predicted molar refractivity (Wildman–Crippen MR) is 132 cm³/mol. The average Bonchev–Trinajstić information content (AvgIpc) is 3.13. The van der Waals surface area contributed by atoms with Crippen molar-refractivity contribution < 1.29 is 15.0 Å². The van der Waals surface area contributed by atoms with Gasteiger partial charge in [-0.2, -0.15) is 0 Å². The maximum atomic E-state index is 13.0. The molecule has 0 aliphatic heterocycles. The van der Waals surface area contributed by atoms with Crippen molar-refractivity contribution in [2.24, 2.45) is 56.7 Å². The summed E-state index contributed by atoms with van der Waals surface area (Å²) in [5, 5.41) is 21.5. The molecule has 0 aromatic rings. The fraction of sp³-hybridized carbons (Fsp3) is 0.900. The zero-order valence-corrected chi connectivity index (χ0v) is 22.0. The van der Waals surface area contributed by atoms with Crippen LogP contribution in [0, 0.1) is 56.7 Å². The SMILES string of the molecule is C=C(C)[C@@H]1CC[C@]2(CO)CC[C@]3(C)[C@H](CC[C@@H]4[C@@]5(C)C[C@@H](O)C(=O)C(C)(C)[C@@H]5CC[C@]43C)C12. The molecule has 2 N–H and O–H groups in total. The Morgan fingerprint density at radius 1 is 0.939 bits per heavy atom. The number of aliphatic hydroxyl groups excluding tert-OH is 2. The average molecular weight is 457 g/mol. The molecule has 0 bridgehead atoms. The van der Waals surface area contributed by atoms with E-state index in [0.29, 0.717) is 42.6 Å². The van der Waals surface area contributed by atoms with Crippen LogP contribution in [0.25, 0.3) is 0 Å². The molecule has 0 aromatic carbocycles. The third-order valence-electron chi connectivity index (χ3n) is 13.3. The quantitative estimate of drug-likeness (QED) is 0.488. The Labute approximate surface area is 201 Å². The van der Waals surface area contributed by atoms with Gasteiger partial charge in [0, 0.05) is 12.0 Å². The predicted octanol–water partition coefficient (Wildman–Crippen LogP) is 6.18. The summed E-state index contributed by atoms with van der Waals surface area (Å²) in [4.78, 5) is 13.0. The number of hydrogen-bond acceptors (Lipinski definition) is 3. The second kappa shape index (κ2) is 7.19. The minimum absolute atomic E-state index is 0.00670. The van der Waals surface area contributed by atoms with E-state index < -0.39 is 11.5 Å². The van der Waals surface area contributed by atoms with Crippen LogP contribution in [-0.2, 0) is 4.79 Å². The molecule has 5 rings (SSSR count). The number of carbonyl (C=O) groups is 1. The van der Waals surface area contributed by atoms with Gasteiger partial charge in [0.25, 0.3) is 0 Å². The van der Waals surface area contributed by atoms with E-state index in [0.717, 1.165) is 19.3 Å². The molecule has 0 heterocycles. The molecular formula is C30H48O3. The molecule has 5 saturated carbocycles. The van der Waals surface area contributed by atoms with Crippen molar-refractivity contribution in [1.29, 1.82) is 0 Å². The first-order valence-corrected chi connectivity index (χ1v) is 13.8. The standard InChI is InChI=1S/C30H48O3/c1-18(2)19-10-13-30(17-31)15-14-28(6)20(24(19)30)8-9-23-27(5)16-21(32)25(33)26(3,4)22(27)11-12-29(23,28)7/h19-24,31-32H,1,8-17H2,2-7H3/t19-,20+,21+,22-,23+,24?,27-,28+,29+,30+/m0/s1. The summed E-state index contributed by atoms with van der Waals surface area (Å²) in [6.07, 6.45) is 9.21. The molecule has 186 valence electrons. The normalized spacial score (nSPS) is 55.2. The second-order valence-corrected chi connectivity index (χ2v) is 14.5. The van der Waals surface area contributed by atoms with Crippen LogP contribution in [0.3, 0.4) is 0 Å². The molecule has 5 aliphatic carbocycles. The highest BCUT2D eigenvalue weighted by Crippen LogP contribution is 2.77. The Hall–Kier alpha value is -0.670. The van der Waals surface area contributed by atoms with Crippen LogP contribution in [0.4, 0.5) is 0 Å². The van der Waals surface area contributed by atoms with E-state index in [2.05, 4.69) is 48.1 Å². The van der Waals surface area contributed by atoms with Gasteiger partial charge in [0.1, 0.15) is 6.10 Å². The number of hydrogen-bond donors (Lipinski definition) is 2. The van der Waals surface area contributed by atoms with Gasteiger partial charge in [0.05, 0.1) is 0 Å². The number of aliphatic hydroxyl groups is 2. The van der Waals surface area contributed by atoms with Crippen molar-refractivity contribution in [3.05, 3.63) is 12.2 Å². The lowest BCUT2D eigenvalue weighted by Gasteiger charge is -2.72. The molecule has 33 heavy (non-hydrogen) atoms. The molecule has 3 heteroatoms. The minimum Gasteiger partial charge on any atom is -0.396 e. The van der Waals surface area contributed by atoms with Crippen LogP contribution < -0.4 is 0 Å². The number of allylic oxidation sites excluding steroid dienone is 1. The van der Waals surface area contributed by atoms with Gasteiger partial charge in [-0.15, -0.1) is 0 Å². The molecule has 10 atom stereocenters. The summed E-state index contributed by atoms with van der Waals surface area (Å²) in [5.41, 5.74) is 1.42. The van der Waals surface area contributed by atoms with E-state index in [9.17, 15) is 15.0 Å². The van der Waals surface area contributed by atoms with Gasteiger partial charge in [-0.05, 0) is 116 Å². The van der Waals surface area contributed by atoms with Gasteiger partial charge in [-0.3, -0.25) is 4.79 Å². The van der Waals surface area contributed by atoms with Crippen LogP contribution in [-0.4, -0.2) is 28.7 Å². The zero-order chi connectivity index (χ0) is 24.2. The zero-order valence-electron chi connectivity index (χ0n) is 22.0. The lowest BCUT2D eigenvalue weighted by atomic mass is 9.32. The topological polar surface area (TPSA) is 57.5 Å². The first-order chi connectivity index (χ1) is 15.3. The maximum Gasteiger partial charge on any atom is 0.167 e. The van der Waals surface area contributed by atoms with E-state index in [1.54, 1.807) is 0 Å². The second-order valence-electron chi connectivity index (χ2n) is 14.5. The van der Waals surface area contributed by atoms with Gasteiger partial charge in [0.15, 0.2) is 5.78 Å². The summed E-state index contributed by atoms with van der Waals surface area (Å²) in [7, 11) is 0. The molecule has 3 nitrogen and oxygen atoms in total. The van der Waals surface area contributed by atoms with Gasteiger partial charge < -0.3 is 10.2 Å². The Balaban J connectivity index is 1.57. The highest BCUT2D eigenvalue weighted by Gasteiger charge is 2.71. The van der Waals surface area contributed by atoms with Gasteiger partial charge >= 0.3 is 0 Å².